The molecule has 1 N–H and O–H groups in total. The Labute approximate surface area is 244 Å². The number of sulfonamides is 1. The first-order valence-corrected chi connectivity index (χ1v) is 15.2. The molecule has 0 saturated heterocycles. The molecule has 0 aliphatic carbocycles. The van der Waals surface area contributed by atoms with Crippen LogP contribution in [-0.4, -0.2) is 50.5 Å². The zero-order chi connectivity index (χ0) is 29.4. The number of anilines is 1. The zero-order valence-corrected chi connectivity index (χ0v) is 24.8. The smallest absolute Gasteiger partial charge is 0.244 e. The second-order valence-electron chi connectivity index (χ2n) is 9.86. The Morgan fingerprint density at radius 3 is 2.20 bits per heavy atom. The largest absolute Gasteiger partial charge is 0.354 e. The van der Waals surface area contributed by atoms with Gasteiger partial charge in [-0.25, -0.2) is 12.8 Å². The van der Waals surface area contributed by atoms with E-state index in [9.17, 15) is 22.4 Å². The third-order valence-corrected chi connectivity index (χ3v) is 7.76. The predicted molar refractivity (Wildman–Crippen MR) is 157 cm³/mol. The number of nitrogens with zero attached hydrogens (tertiary/aromatic N) is 2. The van der Waals surface area contributed by atoms with Crippen LogP contribution >= 0.6 is 23.2 Å². The standard InChI is InChI=1S/C29H32Cl2FN3O4S/c1-20(2)17-33-29(37)27(15-21-7-5-4-6-8-21)34(18-22-9-12-24(32)13-10-22)28(36)19-35(40(3,38)39)26-16-23(30)11-14-25(26)31/h4-14,16,20,27H,15,17-19H2,1-3H3,(H,33,37)/t27-/m0/s1. The molecule has 0 heterocycles. The molecule has 1 atom stereocenters. The molecule has 3 aromatic rings. The first-order chi connectivity index (χ1) is 18.8. The van der Waals surface area contributed by atoms with E-state index in [4.69, 9.17) is 23.2 Å². The normalized spacial score (nSPS) is 12.2. The highest BCUT2D eigenvalue weighted by molar-refractivity contribution is 7.92. The Balaban J connectivity index is 2.06. The minimum Gasteiger partial charge on any atom is -0.354 e. The van der Waals surface area contributed by atoms with Crippen molar-refractivity contribution in [1.82, 2.24) is 10.2 Å². The van der Waals surface area contributed by atoms with E-state index in [2.05, 4.69) is 5.32 Å². The summed E-state index contributed by atoms with van der Waals surface area (Å²) in [5.74, 6) is -1.32. The van der Waals surface area contributed by atoms with Crippen molar-refractivity contribution in [2.45, 2.75) is 32.9 Å². The van der Waals surface area contributed by atoms with Crippen molar-refractivity contribution < 1.29 is 22.4 Å². The summed E-state index contributed by atoms with van der Waals surface area (Å²) in [4.78, 5) is 28.9. The van der Waals surface area contributed by atoms with E-state index in [1.807, 2.05) is 44.2 Å². The van der Waals surface area contributed by atoms with Gasteiger partial charge >= 0.3 is 0 Å². The maximum Gasteiger partial charge on any atom is 0.244 e. The van der Waals surface area contributed by atoms with Gasteiger partial charge in [0.25, 0.3) is 0 Å². The van der Waals surface area contributed by atoms with E-state index in [1.54, 1.807) is 0 Å². The van der Waals surface area contributed by atoms with Crippen LogP contribution < -0.4 is 9.62 Å². The Bertz CT molecular complexity index is 1420. The fourth-order valence-corrected chi connectivity index (χ4v) is 5.32. The van der Waals surface area contributed by atoms with E-state index < -0.39 is 34.3 Å². The summed E-state index contributed by atoms with van der Waals surface area (Å²) in [5.41, 5.74) is 1.41. The molecule has 40 heavy (non-hydrogen) atoms. The number of halogens is 3. The minimum absolute atomic E-state index is 0.0376. The van der Waals surface area contributed by atoms with Crippen molar-refractivity contribution in [2.75, 3.05) is 23.7 Å². The number of hydrogen-bond acceptors (Lipinski definition) is 4. The topological polar surface area (TPSA) is 86.8 Å². The van der Waals surface area contributed by atoms with Gasteiger partial charge < -0.3 is 10.2 Å². The summed E-state index contributed by atoms with van der Waals surface area (Å²) in [5, 5.41) is 3.22. The molecule has 214 valence electrons. The van der Waals surface area contributed by atoms with Crippen molar-refractivity contribution in [3.05, 3.63) is 99.8 Å². The summed E-state index contributed by atoms with van der Waals surface area (Å²) < 4.78 is 40.2. The molecular weight excluding hydrogens is 576 g/mol. The number of carbonyl (C=O) groups is 2. The lowest BCUT2D eigenvalue weighted by atomic mass is 10.0. The molecule has 0 spiro atoms. The highest BCUT2D eigenvalue weighted by Crippen LogP contribution is 2.31. The average Bonchev–Trinajstić information content (AvgIpc) is 2.90. The molecule has 3 rings (SSSR count). The van der Waals surface area contributed by atoms with Gasteiger partial charge in [0.2, 0.25) is 21.8 Å². The number of nitrogens with one attached hydrogen (secondary N) is 1. The second-order valence-corrected chi connectivity index (χ2v) is 12.6. The van der Waals surface area contributed by atoms with Crippen molar-refractivity contribution in [3.63, 3.8) is 0 Å². The van der Waals surface area contributed by atoms with Gasteiger partial charge in [0.1, 0.15) is 18.4 Å². The molecule has 11 heteroatoms. The fourth-order valence-electron chi connectivity index (χ4n) is 4.03. The average molecular weight is 609 g/mol. The van der Waals surface area contributed by atoms with Crippen LogP contribution in [0.1, 0.15) is 25.0 Å². The number of carbonyl (C=O) groups excluding carboxylic acids is 2. The number of benzene rings is 3. The molecule has 3 aromatic carbocycles. The Morgan fingerprint density at radius 2 is 1.60 bits per heavy atom. The monoisotopic (exact) mass is 607 g/mol. The van der Waals surface area contributed by atoms with E-state index >= 15 is 0 Å². The molecule has 0 saturated carbocycles. The summed E-state index contributed by atoms with van der Waals surface area (Å²) in [6.45, 7) is 3.59. The Kier molecular flexibility index (Phi) is 11.0. The first-order valence-electron chi connectivity index (χ1n) is 12.6. The summed E-state index contributed by atoms with van der Waals surface area (Å²) in [7, 11) is -4.00. The van der Waals surface area contributed by atoms with Gasteiger partial charge in [0, 0.05) is 24.5 Å². The predicted octanol–water partition coefficient (Wildman–Crippen LogP) is 5.31. The zero-order valence-electron chi connectivity index (χ0n) is 22.5. The lowest BCUT2D eigenvalue weighted by molar-refractivity contribution is -0.140. The number of amides is 2. The van der Waals surface area contributed by atoms with Gasteiger partial charge in [-0.1, -0.05) is 79.5 Å². The molecule has 0 aliphatic rings. The Morgan fingerprint density at radius 1 is 0.950 bits per heavy atom. The SMILES string of the molecule is CC(C)CNC(=O)[C@H](Cc1ccccc1)N(Cc1ccc(F)cc1)C(=O)CN(c1cc(Cl)ccc1Cl)S(C)(=O)=O. The van der Waals surface area contributed by atoms with Gasteiger partial charge in [0.05, 0.1) is 17.0 Å². The second kappa shape index (κ2) is 14.0. The fraction of sp³-hybridized carbons (Fsp3) is 0.310. The first kappa shape index (κ1) is 31.4. The van der Waals surface area contributed by atoms with Gasteiger partial charge in [-0.15, -0.1) is 0 Å². The third-order valence-electron chi connectivity index (χ3n) is 6.08. The van der Waals surface area contributed by atoms with Crippen molar-refractivity contribution in [3.8, 4) is 0 Å². The van der Waals surface area contributed by atoms with Crippen LogP contribution in [0.15, 0.2) is 72.8 Å². The quantitative estimate of drug-likeness (QED) is 0.302. The highest BCUT2D eigenvalue weighted by Gasteiger charge is 2.33. The van der Waals surface area contributed by atoms with E-state index in [1.165, 1.54) is 47.4 Å². The summed E-state index contributed by atoms with van der Waals surface area (Å²) in [6, 6.07) is 18.1. The maximum absolute atomic E-state index is 14.0. The molecule has 0 fully saturated rings. The maximum atomic E-state index is 14.0. The van der Waals surface area contributed by atoms with Crippen LogP contribution in [0.25, 0.3) is 0 Å². The van der Waals surface area contributed by atoms with Crippen molar-refractivity contribution >= 4 is 50.7 Å². The molecule has 7 nitrogen and oxygen atoms in total. The van der Waals surface area contributed by atoms with Gasteiger partial charge in [0.15, 0.2) is 0 Å². The molecule has 0 radical (unpaired) electrons. The van der Waals surface area contributed by atoms with Crippen LogP contribution in [0.4, 0.5) is 10.1 Å². The lowest BCUT2D eigenvalue weighted by Crippen LogP contribution is -2.53. The molecule has 0 unspecified atom stereocenters. The van der Waals surface area contributed by atoms with Crippen LogP contribution in [0, 0.1) is 11.7 Å². The third kappa shape index (κ3) is 8.94. The molecule has 0 aromatic heterocycles. The van der Waals surface area contributed by atoms with Crippen molar-refractivity contribution in [1.29, 1.82) is 0 Å². The Hall–Kier alpha value is -3.14. The van der Waals surface area contributed by atoms with E-state index in [0.717, 1.165) is 16.1 Å². The van der Waals surface area contributed by atoms with Crippen LogP contribution in [0.2, 0.25) is 10.0 Å². The van der Waals surface area contributed by atoms with Crippen LogP contribution in [0.3, 0.4) is 0 Å². The van der Waals surface area contributed by atoms with E-state index in [-0.39, 0.29) is 40.5 Å². The summed E-state index contributed by atoms with van der Waals surface area (Å²) >= 11 is 12.4. The van der Waals surface area contributed by atoms with Gasteiger partial charge in [-0.3, -0.25) is 13.9 Å². The van der Waals surface area contributed by atoms with Crippen molar-refractivity contribution in [2.24, 2.45) is 5.92 Å². The molecule has 0 bridgehead atoms. The number of hydrogen-bond donors (Lipinski definition) is 1. The van der Waals surface area contributed by atoms with E-state index in [0.29, 0.717) is 12.1 Å². The van der Waals surface area contributed by atoms with Crippen LogP contribution in [-0.2, 0) is 32.6 Å². The molecular formula is C29H32Cl2FN3O4S. The molecule has 0 aliphatic heterocycles. The lowest BCUT2D eigenvalue weighted by Gasteiger charge is -2.33. The van der Waals surface area contributed by atoms with Gasteiger partial charge in [-0.05, 0) is 47.4 Å². The highest BCUT2D eigenvalue weighted by atomic mass is 35.5. The minimum atomic E-state index is -4.00. The summed E-state index contributed by atoms with van der Waals surface area (Å²) in [6.07, 6.45) is 1.13. The molecule has 2 amide bonds. The van der Waals surface area contributed by atoms with Gasteiger partial charge in [-0.2, -0.15) is 0 Å². The van der Waals surface area contributed by atoms with Crippen LogP contribution in [0.5, 0.6) is 0 Å². The number of rotatable bonds is 12.